The van der Waals surface area contributed by atoms with Crippen LogP contribution in [0.4, 0.5) is 5.69 Å². The molecule has 0 spiro atoms. The van der Waals surface area contributed by atoms with Crippen LogP contribution in [0, 0.1) is 12.8 Å². The second-order valence-electron chi connectivity index (χ2n) is 6.60. The van der Waals surface area contributed by atoms with E-state index in [9.17, 15) is 4.79 Å². The fraction of sp³-hybridized carbons (Fsp3) is 0.611. The lowest BCUT2D eigenvalue weighted by atomic mass is 9.89. The summed E-state index contributed by atoms with van der Waals surface area (Å²) in [5, 5.41) is 3.65. The number of fused-ring (bicyclic) bond motifs is 2. The predicted molar refractivity (Wildman–Crippen MR) is 86.5 cm³/mol. The third kappa shape index (κ3) is 3.13. The van der Waals surface area contributed by atoms with Gasteiger partial charge >= 0.3 is 0 Å². The second kappa shape index (κ2) is 6.18. The molecule has 2 aliphatic rings. The number of hydrogen-bond donors (Lipinski definition) is 1. The molecule has 2 heterocycles. The Morgan fingerprint density at radius 3 is 2.52 bits per heavy atom. The van der Waals surface area contributed by atoms with Gasteiger partial charge in [0.25, 0.3) is 0 Å². The van der Waals surface area contributed by atoms with Crippen molar-refractivity contribution in [1.82, 2.24) is 5.32 Å². The Hall–Kier alpha value is -1.35. The van der Waals surface area contributed by atoms with Crippen LogP contribution in [-0.4, -0.2) is 24.5 Å². The number of rotatable bonds is 4. The summed E-state index contributed by atoms with van der Waals surface area (Å²) < 4.78 is 0. The number of benzene rings is 1. The lowest BCUT2D eigenvalue weighted by molar-refractivity contribution is -0.119. The Kier molecular flexibility index (Phi) is 4.29. The predicted octanol–water partition coefficient (Wildman–Crippen LogP) is 3.27. The minimum atomic E-state index is 0.290. The molecule has 1 aromatic rings. The monoisotopic (exact) mass is 286 g/mol. The van der Waals surface area contributed by atoms with E-state index in [1.165, 1.54) is 31.2 Å². The van der Waals surface area contributed by atoms with Crippen LogP contribution >= 0.6 is 0 Å². The van der Waals surface area contributed by atoms with Gasteiger partial charge in [0.2, 0.25) is 5.91 Å². The van der Waals surface area contributed by atoms with Crippen LogP contribution in [0.5, 0.6) is 0 Å². The van der Waals surface area contributed by atoms with Crippen molar-refractivity contribution in [3.63, 3.8) is 0 Å². The summed E-state index contributed by atoms with van der Waals surface area (Å²) in [7, 11) is 0. The molecule has 2 fully saturated rings. The van der Waals surface area contributed by atoms with Crippen LogP contribution in [0.3, 0.4) is 0 Å². The van der Waals surface area contributed by atoms with Crippen molar-refractivity contribution < 1.29 is 4.79 Å². The Bertz CT molecular complexity index is 502. The van der Waals surface area contributed by atoms with E-state index in [1.807, 2.05) is 17.0 Å². The van der Waals surface area contributed by atoms with Crippen molar-refractivity contribution >= 4 is 11.6 Å². The Morgan fingerprint density at radius 2 is 1.90 bits per heavy atom. The number of nitrogens with one attached hydrogen (secondary N) is 1. The molecule has 1 N–H and O–H groups in total. The zero-order valence-electron chi connectivity index (χ0n) is 13.1. The lowest BCUT2D eigenvalue weighted by Crippen LogP contribution is -2.40. The molecule has 0 radical (unpaired) electrons. The van der Waals surface area contributed by atoms with Crippen LogP contribution in [0.2, 0.25) is 0 Å². The van der Waals surface area contributed by atoms with Gasteiger partial charge in [0, 0.05) is 30.7 Å². The third-order valence-electron chi connectivity index (χ3n) is 5.06. The van der Waals surface area contributed by atoms with Crippen molar-refractivity contribution in [3.8, 4) is 0 Å². The topological polar surface area (TPSA) is 32.3 Å². The van der Waals surface area contributed by atoms with E-state index in [0.717, 1.165) is 12.2 Å². The van der Waals surface area contributed by atoms with Gasteiger partial charge in [-0.15, -0.1) is 0 Å². The summed E-state index contributed by atoms with van der Waals surface area (Å²) in [6.45, 7) is 4.90. The minimum Gasteiger partial charge on any atom is -0.312 e. The van der Waals surface area contributed by atoms with Gasteiger partial charge < -0.3 is 10.2 Å². The molecule has 2 unspecified atom stereocenters. The van der Waals surface area contributed by atoms with Gasteiger partial charge in [0.15, 0.2) is 0 Å². The number of carbonyl (C=O) groups is 1. The highest BCUT2D eigenvalue weighted by Gasteiger charge is 2.34. The molecule has 3 heteroatoms. The molecule has 3 nitrogen and oxygen atoms in total. The SMILES string of the molecule is CCN(C(=O)CC1CC2CCC(C1)N2)c1ccccc1C. The smallest absolute Gasteiger partial charge is 0.227 e. The van der Waals surface area contributed by atoms with E-state index < -0.39 is 0 Å². The molecule has 1 aromatic carbocycles. The van der Waals surface area contributed by atoms with Crippen molar-refractivity contribution in [2.24, 2.45) is 5.92 Å². The first-order chi connectivity index (χ1) is 10.2. The van der Waals surface area contributed by atoms with Crippen LogP contribution in [0.15, 0.2) is 24.3 Å². The maximum atomic E-state index is 12.7. The van der Waals surface area contributed by atoms with Gasteiger partial charge in [-0.25, -0.2) is 0 Å². The number of piperidine rings is 1. The van der Waals surface area contributed by atoms with Crippen molar-refractivity contribution in [1.29, 1.82) is 0 Å². The van der Waals surface area contributed by atoms with E-state index in [-0.39, 0.29) is 5.91 Å². The number of aryl methyl sites for hydroxylation is 1. The highest BCUT2D eigenvalue weighted by Crippen LogP contribution is 2.33. The van der Waals surface area contributed by atoms with Crippen LogP contribution in [0.1, 0.15) is 44.6 Å². The second-order valence-corrected chi connectivity index (χ2v) is 6.60. The summed E-state index contributed by atoms with van der Waals surface area (Å²) in [6.07, 6.45) is 5.65. The summed E-state index contributed by atoms with van der Waals surface area (Å²) in [5.41, 5.74) is 2.25. The first-order valence-corrected chi connectivity index (χ1v) is 8.29. The van der Waals surface area contributed by atoms with E-state index in [0.29, 0.717) is 24.4 Å². The number of hydrogen-bond acceptors (Lipinski definition) is 2. The highest BCUT2D eigenvalue weighted by molar-refractivity contribution is 5.94. The van der Waals surface area contributed by atoms with E-state index in [2.05, 4.69) is 31.3 Å². The first-order valence-electron chi connectivity index (χ1n) is 8.29. The normalized spacial score (nSPS) is 27.6. The Balaban J connectivity index is 1.67. The Morgan fingerprint density at radius 1 is 1.24 bits per heavy atom. The molecule has 2 atom stereocenters. The molecule has 1 amide bonds. The summed E-state index contributed by atoms with van der Waals surface area (Å²) in [5.74, 6) is 0.854. The van der Waals surface area contributed by atoms with Crippen molar-refractivity contribution in [2.75, 3.05) is 11.4 Å². The summed E-state index contributed by atoms with van der Waals surface area (Å²) in [6, 6.07) is 9.51. The van der Waals surface area contributed by atoms with Crippen molar-refractivity contribution in [2.45, 2.75) is 58.0 Å². The average molecular weight is 286 g/mol. The molecular weight excluding hydrogens is 260 g/mol. The number of carbonyl (C=O) groups excluding carboxylic acids is 1. The maximum Gasteiger partial charge on any atom is 0.227 e. The molecule has 0 aromatic heterocycles. The quantitative estimate of drug-likeness (QED) is 0.921. The van der Waals surface area contributed by atoms with Crippen LogP contribution in [-0.2, 0) is 4.79 Å². The molecule has 2 saturated heterocycles. The summed E-state index contributed by atoms with van der Waals surface area (Å²) in [4.78, 5) is 14.7. The van der Waals surface area contributed by atoms with Gasteiger partial charge in [-0.2, -0.15) is 0 Å². The summed E-state index contributed by atoms with van der Waals surface area (Å²) >= 11 is 0. The molecule has 3 rings (SSSR count). The van der Waals surface area contributed by atoms with E-state index in [4.69, 9.17) is 0 Å². The fourth-order valence-corrected chi connectivity index (χ4v) is 4.05. The molecule has 2 bridgehead atoms. The molecular formula is C18H26N2O. The van der Waals surface area contributed by atoms with Gasteiger partial charge in [0.1, 0.15) is 0 Å². The standard InChI is InChI=1S/C18H26N2O/c1-3-20(17-7-5-4-6-13(17)2)18(21)12-14-10-15-8-9-16(11-14)19-15/h4-7,14-16,19H,3,8-12H2,1-2H3. The molecule has 0 aliphatic carbocycles. The molecule has 114 valence electrons. The van der Waals surface area contributed by atoms with Gasteiger partial charge in [-0.05, 0) is 57.1 Å². The molecule has 21 heavy (non-hydrogen) atoms. The molecule has 0 saturated carbocycles. The van der Waals surface area contributed by atoms with Crippen molar-refractivity contribution in [3.05, 3.63) is 29.8 Å². The van der Waals surface area contributed by atoms with Gasteiger partial charge in [0.05, 0.1) is 0 Å². The van der Waals surface area contributed by atoms with Crippen LogP contribution in [0.25, 0.3) is 0 Å². The number of anilines is 1. The number of para-hydroxylation sites is 1. The average Bonchev–Trinajstić information content (AvgIpc) is 2.81. The number of nitrogens with zero attached hydrogens (tertiary/aromatic N) is 1. The van der Waals surface area contributed by atoms with Gasteiger partial charge in [-0.1, -0.05) is 18.2 Å². The third-order valence-corrected chi connectivity index (χ3v) is 5.06. The maximum absolute atomic E-state index is 12.7. The van der Waals surface area contributed by atoms with E-state index >= 15 is 0 Å². The Labute approximate surface area is 127 Å². The lowest BCUT2D eigenvalue weighted by Gasteiger charge is -2.31. The van der Waals surface area contributed by atoms with Crippen LogP contribution < -0.4 is 10.2 Å². The minimum absolute atomic E-state index is 0.290. The fourth-order valence-electron chi connectivity index (χ4n) is 4.05. The van der Waals surface area contributed by atoms with E-state index in [1.54, 1.807) is 0 Å². The molecule has 2 aliphatic heterocycles. The zero-order valence-corrected chi connectivity index (χ0v) is 13.1. The first kappa shape index (κ1) is 14.6. The largest absolute Gasteiger partial charge is 0.312 e. The van der Waals surface area contributed by atoms with Gasteiger partial charge in [-0.3, -0.25) is 4.79 Å². The highest BCUT2D eigenvalue weighted by atomic mass is 16.2. The number of amides is 1. The zero-order chi connectivity index (χ0) is 14.8.